The molecule has 1 saturated heterocycles. The second-order valence-corrected chi connectivity index (χ2v) is 10.6. The molecule has 0 aromatic heterocycles. The lowest BCUT2D eigenvalue weighted by atomic mass is 9.79. The van der Waals surface area contributed by atoms with Crippen molar-refractivity contribution in [3.05, 3.63) is 103 Å². The van der Waals surface area contributed by atoms with Crippen molar-refractivity contribution in [3.8, 4) is 0 Å². The predicted molar refractivity (Wildman–Crippen MR) is 155 cm³/mol. The number of carbonyl (C=O) groups is 1. The molecule has 15 nitrogen and oxygen atoms in total. The van der Waals surface area contributed by atoms with E-state index in [0.717, 1.165) is 11.1 Å². The van der Waals surface area contributed by atoms with Crippen LogP contribution in [0.4, 0.5) is 4.79 Å². The first kappa shape index (κ1) is 31.5. The molecule has 0 radical (unpaired) electrons. The van der Waals surface area contributed by atoms with E-state index in [2.05, 4.69) is 30.1 Å². The highest BCUT2D eigenvalue weighted by atomic mass is 16.7. The van der Waals surface area contributed by atoms with Crippen LogP contribution in [0, 0.1) is 5.92 Å². The van der Waals surface area contributed by atoms with Crippen LogP contribution in [0.1, 0.15) is 37.3 Å². The Hall–Kier alpha value is -4.48. The summed E-state index contributed by atoms with van der Waals surface area (Å²) in [5.41, 5.74) is 29.0. The second-order valence-electron chi connectivity index (χ2n) is 10.6. The third-order valence-corrected chi connectivity index (χ3v) is 7.76. The molecule has 1 amide bonds. The van der Waals surface area contributed by atoms with Crippen molar-refractivity contribution in [2.45, 2.75) is 82.1 Å². The van der Waals surface area contributed by atoms with E-state index < -0.39 is 54.7 Å². The predicted octanol–water partition coefficient (Wildman–Crippen LogP) is 6.15. The smallest absolute Gasteiger partial charge is 0.410 e. The van der Waals surface area contributed by atoms with Gasteiger partial charge in [0, 0.05) is 27.3 Å². The maximum absolute atomic E-state index is 13.3. The largest absolute Gasteiger partial charge is 0.445 e. The summed E-state index contributed by atoms with van der Waals surface area (Å²) in [6.45, 7) is 2.26. The van der Waals surface area contributed by atoms with E-state index in [-0.39, 0.29) is 26.1 Å². The van der Waals surface area contributed by atoms with Crippen molar-refractivity contribution in [3.63, 3.8) is 0 Å². The summed E-state index contributed by atoms with van der Waals surface area (Å²) in [5, 5.41) is 22.4. The standard InChI is InChI=1S/C28H34N10O5/c1-18-23(33-36-30)14-24(34-37-31)26(25(18)39)43-27-22(32-35-29)13-12-21(42-27)16-38(15-19-8-4-2-5-9-19)28(40)41-17-20-10-6-3-7-11-20/h2-11,18,21-27,39H,12-17H2,1H3. The average molecular weight is 591 g/mol. The Labute approximate surface area is 248 Å². The van der Waals surface area contributed by atoms with E-state index in [9.17, 15) is 15.4 Å². The van der Waals surface area contributed by atoms with Crippen molar-refractivity contribution < 1.29 is 24.1 Å². The first-order valence-electron chi connectivity index (χ1n) is 14.0. The fraction of sp³-hybridized carbons (Fsp3) is 0.536. The van der Waals surface area contributed by atoms with E-state index >= 15 is 0 Å². The molecule has 4 rings (SSSR count). The van der Waals surface area contributed by atoms with Gasteiger partial charge in [-0.05, 0) is 52.9 Å². The average Bonchev–Trinajstić information content (AvgIpc) is 3.02. The number of hydrogen-bond acceptors (Lipinski definition) is 8. The number of rotatable bonds is 11. The van der Waals surface area contributed by atoms with Crippen molar-refractivity contribution in [1.82, 2.24) is 4.90 Å². The normalized spacial score (nSPS) is 28.3. The summed E-state index contributed by atoms with van der Waals surface area (Å²) >= 11 is 0. The number of hydrogen-bond donors (Lipinski definition) is 1. The van der Waals surface area contributed by atoms with Gasteiger partial charge in [-0.3, -0.25) is 0 Å². The highest BCUT2D eigenvalue weighted by molar-refractivity contribution is 5.67. The molecule has 226 valence electrons. The van der Waals surface area contributed by atoms with Crippen LogP contribution >= 0.6 is 0 Å². The molecule has 8 unspecified atom stereocenters. The fourth-order valence-corrected chi connectivity index (χ4v) is 5.42. The third kappa shape index (κ3) is 8.52. The molecule has 1 aliphatic heterocycles. The van der Waals surface area contributed by atoms with Crippen LogP contribution in [0.2, 0.25) is 0 Å². The second kappa shape index (κ2) is 15.7. The third-order valence-electron chi connectivity index (χ3n) is 7.76. The molecule has 1 heterocycles. The van der Waals surface area contributed by atoms with Gasteiger partial charge in [-0.15, -0.1) is 0 Å². The van der Waals surface area contributed by atoms with E-state index in [1.54, 1.807) is 11.8 Å². The molecular formula is C28H34N10O5. The number of aliphatic hydroxyl groups is 1. The fourth-order valence-electron chi connectivity index (χ4n) is 5.42. The summed E-state index contributed by atoms with van der Waals surface area (Å²) in [7, 11) is 0. The molecule has 8 atom stereocenters. The van der Waals surface area contributed by atoms with Crippen molar-refractivity contribution in [2.75, 3.05) is 6.54 Å². The number of carbonyl (C=O) groups excluding carboxylic acids is 1. The van der Waals surface area contributed by atoms with E-state index in [1.807, 2.05) is 60.7 Å². The van der Waals surface area contributed by atoms with Gasteiger partial charge in [-0.25, -0.2) is 4.79 Å². The Morgan fingerprint density at radius 3 is 2.19 bits per heavy atom. The molecular weight excluding hydrogens is 556 g/mol. The topological polar surface area (TPSA) is 215 Å². The number of amides is 1. The molecule has 2 aromatic carbocycles. The summed E-state index contributed by atoms with van der Waals surface area (Å²) in [6.07, 6.45) is -3.27. The minimum atomic E-state index is -1.15. The van der Waals surface area contributed by atoms with E-state index in [4.69, 9.17) is 25.3 Å². The Bertz CT molecular complexity index is 1350. The lowest BCUT2D eigenvalue weighted by Crippen LogP contribution is -2.55. The Balaban J connectivity index is 1.50. The zero-order valence-corrected chi connectivity index (χ0v) is 23.7. The Kier molecular flexibility index (Phi) is 11.5. The minimum Gasteiger partial charge on any atom is -0.445 e. The van der Waals surface area contributed by atoms with E-state index in [1.165, 1.54) is 0 Å². The summed E-state index contributed by atoms with van der Waals surface area (Å²) < 4.78 is 18.1. The van der Waals surface area contributed by atoms with Gasteiger partial charge < -0.3 is 24.2 Å². The lowest BCUT2D eigenvalue weighted by molar-refractivity contribution is -0.250. The van der Waals surface area contributed by atoms with Crippen LogP contribution in [0.3, 0.4) is 0 Å². The van der Waals surface area contributed by atoms with Gasteiger partial charge in [0.15, 0.2) is 6.29 Å². The number of aliphatic hydroxyl groups excluding tert-OH is 1. The molecule has 2 aromatic rings. The zero-order valence-electron chi connectivity index (χ0n) is 23.7. The van der Waals surface area contributed by atoms with Crippen molar-refractivity contribution >= 4 is 6.09 Å². The van der Waals surface area contributed by atoms with Gasteiger partial charge in [-0.2, -0.15) is 0 Å². The minimum absolute atomic E-state index is 0.108. The van der Waals surface area contributed by atoms with Crippen molar-refractivity contribution in [1.29, 1.82) is 0 Å². The van der Waals surface area contributed by atoms with Crippen LogP contribution in [0.25, 0.3) is 31.3 Å². The molecule has 2 aliphatic rings. The van der Waals surface area contributed by atoms with Crippen LogP contribution in [-0.4, -0.2) is 65.4 Å². The maximum Gasteiger partial charge on any atom is 0.410 e. The van der Waals surface area contributed by atoms with Gasteiger partial charge in [-0.1, -0.05) is 82.9 Å². The van der Waals surface area contributed by atoms with Gasteiger partial charge in [0.05, 0.1) is 36.9 Å². The first-order valence-corrected chi connectivity index (χ1v) is 14.0. The summed E-state index contributed by atoms with van der Waals surface area (Å²) in [6, 6.07) is 16.7. The van der Waals surface area contributed by atoms with Crippen LogP contribution in [0.15, 0.2) is 76.0 Å². The highest BCUT2D eigenvalue weighted by Gasteiger charge is 2.45. The molecule has 0 bridgehead atoms. The van der Waals surface area contributed by atoms with Crippen LogP contribution in [-0.2, 0) is 27.4 Å². The quantitative estimate of drug-likeness (QED) is 0.184. The number of benzene rings is 2. The molecule has 1 saturated carbocycles. The van der Waals surface area contributed by atoms with E-state index in [0.29, 0.717) is 12.8 Å². The first-order chi connectivity index (χ1) is 20.9. The lowest BCUT2D eigenvalue weighted by Gasteiger charge is -2.44. The van der Waals surface area contributed by atoms with Crippen LogP contribution < -0.4 is 0 Å². The van der Waals surface area contributed by atoms with Gasteiger partial charge in [0.1, 0.15) is 6.61 Å². The number of nitrogens with zero attached hydrogens (tertiary/aromatic N) is 10. The molecule has 15 heteroatoms. The van der Waals surface area contributed by atoms with Gasteiger partial charge >= 0.3 is 6.09 Å². The SMILES string of the molecule is CC1C(N=[N+]=[N-])CC(N=[N+]=[N-])C(OC2OC(CN(Cc3ccccc3)C(=O)OCc3ccccc3)CCC2N=[N+]=[N-])C1O. The van der Waals surface area contributed by atoms with Crippen molar-refractivity contribution in [2.24, 2.45) is 21.3 Å². The molecule has 43 heavy (non-hydrogen) atoms. The maximum atomic E-state index is 13.3. The van der Waals surface area contributed by atoms with Crippen LogP contribution in [0.5, 0.6) is 0 Å². The molecule has 0 spiro atoms. The van der Waals surface area contributed by atoms with Gasteiger partial charge in [0.2, 0.25) is 0 Å². The zero-order chi connectivity index (χ0) is 30.6. The van der Waals surface area contributed by atoms with Gasteiger partial charge in [0.25, 0.3) is 0 Å². The number of ether oxygens (including phenoxy) is 3. The summed E-state index contributed by atoms with van der Waals surface area (Å²) in [5.74, 6) is -0.496. The molecule has 2 fully saturated rings. The Morgan fingerprint density at radius 2 is 1.53 bits per heavy atom. The molecule has 1 N–H and O–H groups in total. The number of azide groups is 3. The summed E-state index contributed by atoms with van der Waals surface area (Å²) in [4.78, 5) is 23.5. The highest BCUT2D eigenvalue weighted by Crippen LogP contribution is 2.35. The molecule has 1 aliphatic carbocycles. The Morgan fingerprint density at radius 1 is 0.930 bits per heavy atom. The monoisotopic (exact) mass is 590 g/mol.